The van der Waals surface area contributed by atoms with E-state index in [4.69, 9.17) is 18.5 Å². The highest BCUT2D eigenvalue weighted by Gasteiger charge is 2.66. The lowest BCUT2D eigenvalue weighted by Crippen LogP contribution is -2.51. The molecule has 2 aromatic carbocycles. The molecular weight excluding hydrogens is 563 g/mol. The van der Waals surface area contributed by atoms with Gasteiger partial charge in [-0.2, -0.15) is 5.09 Å². The zero-order chi connectivity index (χ0) is 30.2. The van der Waals surface area contributed by atoms with Crippen molar-refractivity contribution in [2.24, 2.45) is 0 Å². The molecule has 2 unspecified atom stereocenters. The molecule has 11 nitrogen and oxygen atoms in total. The number of hydrogen-bond donors (Lipinski definition) is 3. The number of aliphatic hydroxyl groups is 1. The highest BCUT2D eigenvalue weighted by Crippen LogP contribution is 2.51. The fraction of sp³-hybridized carbons (Fsp3) is 0.407. The fourth-order valence-electron chi connectivity index (χ4n) is 4.36. The minimum atomic E-state index is -4.64. The van der Waals surface area contributed by atoms with E-state index < -0.39 is 62.2 Å². The van der Waals surface area contributed by atoms with Crippen LogP contribution >= 0.6 is 7.75 Å². The highest BCUT2D eigenvalue weighted by molar-refractivity contribution is 7.52. The van der Waals surface area contributed by atoms with Crippen LogP contribution in [0.3, 0.4) is 0 Å². The Morgan fingerprint density at radius 1 is 1.24 bits per heavy atom. The van der Waals surface area contributed by atoms with Gasteiger partial charge in [0.25, 0.3) is 11.8 Å². The quantitative estimate of drug-likeness (QED) is 0.275. The standard InChI is InChI=1S/C27H32F2N3O8P/c1-16(2)38-23(34)17(3)31-41(36,40-21-12-8-10-19-9-6-7-11-20(19)21)37-15-27(29)24(35)26(5,28)25(39-27)32-14-13-22(33)30-18(32)4/h6-14,16-17,24-25,35H,4,15H2,1-3,5H3,(H,30,33)(H,31,36)/t17?,24-,25+,26+,27+,41?/m0/s1. The van der Waals surface area contributed by atoms with Crippen molar-refractivity contribution in [2.45, 2.75) is 63.7 Å². The number of benzene rings is 2. The van der Waals surface area contributed by atoms with Gasteiger partial charge in [0.05, 0.1) is 6.10 Å². The summed E-state index contributed by atoms with van der Waals surface area (Å²) in [7, 11) is -4.64. The molecule has 1 fully saturated rings. The fourth-order valence-corrected chi connectivity index (χ4v) is 5.89. The maximum atomic E-state index is 16.1. The van der Waals surface area contributed by atoms with Crippen LogP contribution in [-0.4, -0.2) is 64.5 Å². The van der Waals surface area contributed by atoms with E-state index in [2.05, 4.69) is 17.0 Å². The van der Waals surface area contributed by atoms with Crippen LogP contribution in [0.25, 0.3) is 10.8 Å². The summed E-state index contributed by atoms with van der Waals surface area (Å²) >= 11 is 0. The molecule has 0 saturated carbocycles. The van der Waals surface area contributed by atoms with Gasteiger partial charge in [-0.05, 0) is 39.1 Å². The Morgan fingerprint density at radius 3 is 2.61 bits per heavy atom. The van der Waals surface area contributed by atoms with E-state index in [0.717, 1.165) is 29.5 Å². The second-order valence-electron chi connectivity index (χ2n) is 10.1. The molecule has 4 rings (SSSR count). The molecule has 1 amide bonds. The van der Waals surface area contributed by atoms with Crippen molar-refractivity contribution in [3.05, 3.63) is 67.1 Å². The summed E-state index contributed by atoms with van der Waals surface area (Å²) in [5.41, 5.74) is -2.75. The first kappa shape index (κ1) is 30.6. The normalized spacial score (nSPS) is 28.4. The van der Waals surface area contributed by atoms with Crippen LogP contribution in [-0.2, 0) is 28.2 Å². The molecule has 0 radical (unpaired) electrons. The lowest BCUT2D eigenvalue weighted by atomic mass is 9.96. The van der Waals surface area contributed by atoms with Crippen molar-refractivity contribution in [1.29, 1.82) is 0 Å². The number of halogens is 2. The molecule has 41 heavy (non-hydrogen) atoms. The molecule has 2 aliphatic rings. The highest BCUT2D eigenvalue weighted by atomic mass is 31.2. The second-order valence-corrected chi connectivity index (χ2v) is 11.8. The second kappa shape index (κ2) is 11.5. The van der Waals surface area contributed by atoms with Crippen LogP contribution < -0.4 is 14.9 Å². The van der Waals surface area contributed by atoms with Gasteiger partial charge in [0.1, 0.15) is 24.2 Å². The number of esters is 1. The lowest BCUT2D eigenvalue weighted by Gasteiger charge is -2.35. The molecular formula is C27H32F2N3O8P. The SMILES string of the molecule is C=C1NC(=O)C=CN1[C@@H]1O[C@](F)(COP(=O)(NC(C)C(=O)OC(C)C)Oc2cccc3ccccc23)[C@@H](O)[C@@]1(C)F. The number of amides is 1. The number of alkyl halides is 2. The Labute approximate surface area is 235 Å². The van der Waals surface area contributed by atoms with Gasteiger partial charge in [-0.1, -0.05) is 43.0 Å². The Morgan fingerprint density at radius 2 is 1.93 bits per heavy atom. The summed E-state index contributed by atoms with van der Waals surface area (Å²) in [6, 6.07) is 10.7. The maximum absolute atomic E-state index is 16.1. The summed E-state index contributed by atoms with van der Waals surface area (Å²) in [6.07, 6.45) is -2.54. The van der Waals surface area contributed by atoms with Crippen molar-refractivity contribution in [3.8, 4) is 5.75 Å². The van der Waals surface area contributed by atoms with E-state index >= 15 is 8.78 Å². The molecule has 3 N–H and O–H groups in total. The molecule has 2 aromatic rings. The van der Waals surface area contributed by atoms with Crippen molar-refractivity contribution in [1.82, 2.24) is 15.3 Å². The molecule has 0 aliphatic carbocycles. The third-order valence-corrected chi connectivity index (χ3v) is 8.02. The summed E-state index contributed by atoms with van der Waals surface area (Å²) < 4.78 is 67.4. The van der Waals surface area contributed by atoms with Gasteiger partial charge in [0.2, 0.25) is 0 Å². The largest absolute Gasteiger partial charge is 0.462 e. The van der Waals surface area contributed by atoms with E-state index in [1.165, 1.54) is 13.0 Å². The lowest BCUT2D eigenvalue weighted by molar-refractivity contribution is -0.206. The van der Waals surface area contributed by atoms with Crippen LogP contribution in [0.2, 0.25) is 0 Å². The van der Waals surface area contributed by atoms with Crippen LogP contribution in [0.5, 0.6) is 5.75 Å². The minimum Gasteiger partial charge on any atom is -0.462 e. The molecule has 6 atom stereocenters. The van der Waals surface area contributed by atoms with Crippen LogP contribution in [0.1, 0.15) is 27.7 Å². The predicted octanol–water partition coefficient (Wildman–Crippen LogP) is 3.80. The Balaban J connectivity index is 1.61. The number of nitrogens with one attached hydrogen (secondary N) is 2. The van der Waals surface area contributed by atoms with Gasteiger partial charge in [-0.3, -0.25) is 14.1 Å². The third kappa shape index (κ3) is 6.44. The first-order valence-electron chi connectivity index (χ1n) is 12.8. The van der Waals surface area contributed by atoms with Crippen molar-refractivity contribution in [2.75, 3.05) is 6.61 Å². The summed E-state index contributed by atoms with van der Waals surface area (Å²) in [5, 5.41) is 16.7. The topological polar surface area (TPSA) is 136 Å². The molecule has 2 heterocycles. The third-order valence-electron chi connectivity index (χ3n) is 6.41. The molecule has 2 aliphatic heterocycles. The van der Waals surface area contributed by atoms with Gasteiger partial charge in [-0.15, -0.1) is 0 Å². The number of ether oxygens (including phenoxy) is 2. The van der Waals surface area contributed by atoms with Gasteiger partial charge in [0.15, 0.2) is 18.0 Å². The minimum absolute atomic E-state index is 0.0860. The monoisotopic (exact) mass is 595 g/mol. The first-order chi connectivity index (χ1) is 19.1. The smallest absolute Gasteiger partial charge is 0.459 e. The average molecular weight is 596 g/mol. The zero-order valence-electron chi connectivity index (χ0n) is 22.9. The number of fused-ring (bicyclic) bond motifs is 1. The Hall–Kier alpha value is -3.35. The Bertz CT molecular complexity index is 1410. The van der Waals surface area contributed by atoms with E-state index in [-0.39, 0.29) is 11.6 Å². The molecule has 0 aromatic heterocycles. The number of carbonyl (C=O) groups excluding carboxylic acids is 2. The molecule has 0 spiro atoms. The molecule has 0 bridgehead atoms. The summed E-state index contributed by atoms with van der Waals surface area (Å²) in [4.78, 5) is 25.1. The van der Waals surface area contributed by atoms with Crippen LogP contribution in [0, 0.1) is 0 Å². The number of carbonyl (C=O) groups is 2. The van der Waals surface area contributed by atoms with Crippen LogP contribution in [0.4, 0.5) is 8.78 Å². The first-order valence-corrected chi connectivity index (χ1v) is 14.3. The summed E-state index contributed by atoms with van der Waals surface area (Å²) in [6.45, 7) is 7.82. The summed E-state index contributed by atoms with van der Waals surface area (Å²) in [5.74, 6) is -4.60. The molecule has 1 saturated heterocycles. The molecule has 14 heteroatoms. The van der Waals surface area contributed by atoms with Crippen molar-refractivity contribution >= 4 is 30.4 Å². The zero-order valence-corrected chi connectivity index (χ0v) is 23.8. The van der Waals surface area contributed by atoms with Gasteiger partial charge < -0.3 is 29.3 Å². The van der Waals surface area contributed by atoms with Crippen LogP contribution in [0.15, 0.2) is 67.1 Å². The average Bonchev–Trinajstić information content (AvgIpc) is 3.07. The number of rotatable bonds is 10. The van der Waals surface area contributed by atoms with E-state index in [0.29, 0.717) is 5.39 Å². The molecule has 222 valence electrons. The van der Waals surface area contributed by atoms with Gasteiger partial charge >= 0.3 is 13.7 Å². The number of hydrogen-bond acceptors (Lipinski definition) is 9. The van der Waals surface area contributed by atoms with E-state index in [9.17, 15) is 19.3 Å². The maximum Gasteiger partial charge on any atom is 0.459 e. The van der Waals surface area contributed by atoms with E-state index in [1.54, 1.807) is 50.2 Å². The van der Waals surface area contributed by atoms with Gasteiger partial charge in [0, 0.05) is 17.7 Å². The number of aliphatic hydroxyl groups excluding tert-OH is 1. The van der Waals surface area contributed by atoms with Crippen molar-refractivity contribution in [3.63, 3.8) is 0 Å². The van der Waals surface area contributed by atoms with Gasteiger partial charge in [-0.25, -0.2) is 13.3 Å². The number of nitrogens with zero attached hydrogens (tertiary/aromatic N) is 1. The van der Waals surface area contributed by atoms with Crippen molar-refractivity contribution < 1.29 is 46.6 Å². The van der Waals surface area contributed by atoms with E-state index in [1.807, 2.05) is 0 Å². The predicted molar refractivity (Wildman–Crippen MR) is 144 cm³/mol. The Kier molecular flexibility index (Phi) is 8.58.